The van der Waals surface area contributed by atoms with Gasteiger partial charge in [-0.15, -0.1) is 11.8 Å². The van der Waals surface area contributed by atoms with Gasteiger partial charge in [0.1, 0.15) is 16.8 Å². The van der Waals surface area contributed by atoms with Gasteiger partial charge in [-0.2, -0.15) is 4.98 Å². The van der Waals surface area contributed by atoms with Gasteiger partial charge in [0.15, 0.2) is 5.82 Å². The number of thioether (sulfide) groups is 1. The Balaban J connectivity index is 0.848. The minimum atomic E-state index is -3.56. The van der Waals surface area contributed by atoms with E-state index in [0.717, 1.165) is 67.2 Å². The van der Waals surface area contributed by atoms with Crippen LogP contribution in [0.15, 0.2) is 71.8 Å². The Morgan fingerprint density at radius 1 is 0.949 bits per heavy atom. The fraction of sp³-hybridized carbons (Fsp3) is 0.390. The van der Waals surface area contributed by atoms with Crippen LogP contribution in [0.5, 0.6) is 5.75 Å². The highest BCUT2D eigenvalue weighted by Gasteiger charge is 2.39. The van der Waals surface area contributed by atoms with Gasteiger partial charge < -0.3 is 39.5 Å². The van der Waals surface area contributed by atoms with Gasteiger partial charge in [0.25, 0.3) is 5.91 Å². The number of rotatable bonds is 17. The SMILES string of the molecule is COc1cc(N2CCC(NCCCCSc3ccc4c(c3)CN(C3CCC(=O)NC3=O)C4=O)CC2)ccc1Nc1ncc(Cl)c(Nc2ccccc2P(=O)(OC)OC)n1. The van der Waals surface area contributed by atoms with Crippen molar-refractivity contribution in [1.82, 2.24) is 25.5 Å². The van der Waals surface area contributed by atoms with E-state index in [2.05, 4.69) is 48.3 Å². The van der Waals surface area contributed by atoms with Crippen molar-refractivity contribution in [1.29, 1.82) is 0 Å². The van der Waals surface area contributed by atoms with Crippen LogP contribution in [0.25, 0.3) is 0 Å². The molecule has 4 aromatic rings. The predicted octanol–water partition coefficient (Wildman–Crippen LogP) is 6.63. The third kappa shape index (κ3) is 9.86. The van der Waals surface area contributed by atoms with E-state index in [-0.39, 0.29) is 35.1 Å². The number of nitrogens with one attached hydrogen (secondary N) is 4. The minimum Gasteiger partial charge on any atom is -0.494 e. The molecule has 0 radical (unpaired) electrons. The number of ether oxygens (including phenoxy) is 1. The van der Waals surface area contributed by atoms with Crippen LogP contribution >= 0.6 is 31.0 Å². The molecule has 0 aliphatic carbocycles. The molecule has 1 aromatic heterocycles. The van der Waals surface area contributed by atoms with Crippen molar-refractivity contribution in [3.8, 4) is 5.75 Å². The summed E-state index contributed by atoms with van der Waals surface area (Å²) in [7, 11) is 0.732. The standard InChI is InChI=1S/C41H48ClN8O7PS/c1-55-35-23-28(10-13-32(35)46-41-44-24-31(42)38(48-41)45-33-8-4-5-9-36(33)58(54,56-2)57-3)49-19-16-27(17-20-49)43-18-6-7-21-59-29-11-12-30-26(22-29)25-50(40(30)53)34-14-15-37(51)47-39(34)52/h4-5,8-13,22-24,27,34,43H,6-7,14-21,25H2,1-3H3,(H,47,51,52)(H2,44,45,46,48). The van der Waals surface area contributed by atoms with Crippen LogP contribution < -0.4 is 36.2 Å². The summed E-state index contributed by atoms with van der Waals surface area (Å²) in [4.78, 5) is 50.9. The zero-order valence-corrected chi connectivity index (χ0v) is 35.6. The second kappa shape index (κ2) is 19.1. The predicted molar refractivity (Wildman–Crippen MR) is 230 cm³/mol. The van der Waals surface area contributed by atoms with Crippen LogP contribution in [0, 0.1) is 0 Å². The van der Waals surface area contributed by atoms with Crippen LogP contribution in [-0.2, 0) is 29.7 Å². The van der Waals surface area contributed by atoms with E-state index in [1.165, 1.54) is 20.4 Å². The van der Waals surface area contributed by atoms with Gasteiger partial charge in [-0.1, -0.05) is 23.7 Å². The van der Waals surface area contributed by atoms with Crippen molar-refractivity contribution in [2.75, 3.05) is 62.3 Å². The Morgan fingerprint density at radius 3 is 2.51 bits per heavy atom. The number of methoxy groups -OCH3 is 1. The molecule has 2 saturated heterocycles. The van der Waals surface area contributed by atoms with Crippen molar-refractivity contribution >= 4 is 82.8 Å². The van der Waals surface area contributed by atoms with Gasteiger partial charge in [0.2, 0.25) is 17.8 Å². The monoisotopic (exact) mass is 862 g/mol. The molecule has 18 heteroatoms. The molecular formula is C41H48ClN8O7PS. The number of benzene rings is 3. The summed E-state index contributed by atoms with van der Waals surface area (Å²) in [5.74, 6) is 1.39. The number of nitrogens with zero attached hydrogens (tertiary/aromatic N) is 4. The molecule has 1 atom stereocenters. The third-order valence-electron chi connectivity index (χ3n) is 10.7. The maximum absolute atomic E-state index is 13.2. The smallest absolute Gasteiger partial charge is 0.362 e. The number of piperidine rings is 2. The number of anilines is 5. The Hall–Kier alpha value is -4.70. The van der Waals surface area contributed by atoms with Crippen LogP contribution in [0.2, 0.25) is 5.02 Å². The highest BCUT2D eigenvalue weighted by molar-refractivity contribution is 7.99. The van der Waals surface area contributed by atoms with E-state index < -0.39 is 13.6 Å². The van der Waals surface area contributed by atoms with Crippen LogP contribution in [0.3, 0.4) is 0 Å². The number of hydrogen-bond acceptors (Lipinski definition) is 14. The fourth-order valence-corrected chi connectivity index (χ4v) is 9.89. The number of carbonyl (C=O) groups is 3. The number of fused-ring (bicyclic) bond motifs is 1. The number of amides is 3. The molecule has 7 rings (SSSR count). The first kappa shape index (κ1) is 42.4. The summed E-state index contributed by atoms with van der Waals surface area (Å²) < 4.78 is 29.4. The first-order valence-corrected chi connectivity index (χ1v) is 22.4. The summed E-state index contributed by atoms with van der Waals surface area (Å²) in [6.07, 6.45) is 6.28. The van der Waals surface area contributed by atoms with Gasteiger partial charge in [-0.3, -0.25) is 24.3 Å². The molecule has 0 saturated carbocycles. The van der Waals surface area contributed by atoms with Gasteiger partial charge in [0, 0.05) is 68.5 Å². The van der Waals surface area contributed by atoms with Crippen molar-refractivity contribution in [2.45, 2.75) is 62.0 Å². The molecule has 3 aliphatic heterocycles. The van der Waals surface area contributed by atoms with E-state index in [0.29, 0.717) is 52.8 Å². The average molecular weight is 863 g/mol. The van der Waals surface area contributed by atoms with E-state index in [1.54, 1.807) is 48.0 Å². The summed E-state index contributed by atoms with van der Waals surface area (Å²) >= 11 is 8.25. The number of hydrogen-bond donors (Lipinski definition) is 4. The molecule has 4 heterocycles. The third-order valence-corrected chi connectivity index (χ3v) is 14.0. The molecule has 3 aromatic carbocycles. The normalized spacial score (nSPS) is 17.2. The maximum atomic E-state index is 13.2. The molecule has 312 valence electrons. The number of carbonyl (C=O) groups excluding carboxylic acids is 3. The van der Waals surface area contributed by atoms with E-state index in [9.17, 15) is 18.9 Å². The van der Waals surface area contributed by atoms with E-state index in [1.807, 2.05) is 24.3 Å². The highest BCUT2D eigenvalue weighted by Crippen LogP contribution is 2.47. The molecule has 4 N–H and O–H groups in total. The molecule has 0 bridgehead atoms. The lowest BCUT2D eigenvalue weighted by molar-refractivity contribution is -0.136. The zero-order chi connectivity index (χ0) is 41.5. The Bertz CT molecular complexity index is 2240. The van der Waals surface area contributed by atoms with E-state index in [4.69, 9.17) is 25.4 Å². The van der Waals surface area contributed by atoms with Crippen molar-refractivity contribution in [3.05, 3.63) is 83.0 Å². The molecule has 1 unspecified atom stereocenters. The average Bonchev–Trinajstić information content (AvgIpc) is 3.58. The molecule has 59 heavy (non-hydrogen) atoms. The van der Waals surface area contributed by atoms with Gasteiger partial charge in [0.05, 0.1) is 30.0 Å². The van der Waals surface area contributed by atoms with Gasteiger partial charge >= 0.3 is 7.60 Å². The Morgan fingerprint density at radius 2 is 1.75 bits per heavy atom. The number of aromatic nitrogens is 2. The largest absolute Gasteiger partial charge is 0.494 e. The summed E-state index contributed by atoms with van der Waals surface area (Å²) in [6, 6.07) is 18.7. The first-order valence-electron chi connectivity index (χ1n) is 19.5. The van der Waals surface area contributed by atoms with Crippen LogP contribution in [-0.4, -0.2) is 91.4 Å². The topological polar surface area (TPSA) is 176 Å². The number of para-hydroxylation sites is 1. The zero-order valence-electron chi connectivity index (χ0n) is 33.2. The molecule has 3 aliphatic rings. The van der Waals surface area contributed by atoms with Crippen molar-refractivity contribution < 1.29 is 32.7 Å². The maximum Gasteiger partial charge on any atom is 0.362 e. The first-order chi connectivity index (χ1) is 28.6. The summed E-state index contributed by atoms with van der Waals surface area (Å²) in [5.41, 5.74) is 3.80. The van der Waals surface area contributed by atoms with Crippen LogP contribution in [0.4, 0.5) is 28.8 Å². The Kier molecular flexibility index (Phi) is 13.8. The lowest BCUT2D eigenvalue weighted by atomic mass is 10.0. The summed E-state index contributed by atoms with van der Waals surface area (Å²) in [5, 5.41) is 13.1. The number of halogens is 1. The number of imide groups is 1. The fourth-order valence-electron chi connectivity index (χ4n) is 7.54. The van der Waals surface area contributed by atoms with Crippen molar-refractivity contribution in [2.24, 2.45) is 0 Å². The molecular weight excluding hydrogens is 815 g/mol. The molecule has 15 nitrogen and oxygen atoms in total. The highest BCUT2D eigenvalue weighted by atomic mass is 35.5. The lowest BCUT2D eigenvalue weighted by Gasteiger charge is -2.34. The quantitative estimate of drug-likeness (QED) is 0.0385. The summed E-state index contributed by atoms with van der Waals surface area (Å²) in [6.45, 7) is 3.18. The molecule has 0 spiro atoms. The second-order valence-electron chi connectivity index (χ2n) is 14.4. The molecule has 3 amide bonds. The number of unbranched alkanes of at least 4 members (excludes halogenated alkanes) is 1. The van der Waals surface area contributed by atoms with E-state index >= 15 is 0 Å². The van der Waals surface area contributed by atoms with Gasteiger partial charge in [-0.05, 0) is 92.4 Å². The van der Waals surface area contributed by atoms with Gasteiger partial charge in [-0.25, -0.2) is 4.98 Å². The van der Waals surface area contributed by atoms with Crippen molar-refractivity contribution in [3.63, 3.8) is 0 Å². The Labute approximate surface area is 352 Å². The molecule has 2 fully saturated rings. The van der Waals surface area contributed by atoms with Crippen LogP contribution in [0.1, 0.15) is 54.4 Å². The lowest BCUT2D eigenvalue weighted by Crippen LogP contribution is -2.52. The second-order valence-corrected chi connectivity index (χ2v) is 18.2. The minimum absolute atomic E-state index is 0.145.